The van der Waals surface area contributed by atoms with Gasteiger partial charge in [0.05, 0.1) is 18.8 Å². The van der Waals surface area contributed by atoms with Crippen molar-refractivity contribution in [1.29, 1.82) is 0 Å². The van der Waals surface area contributed by atoms with Gasteiger partial charge in [0, 0.05) is 6.20 Å². The number of rotatable bonds is 6. The van der Waals surface area contributed by atoms with E-state index in [0.29, 0.717) is 0 Å². The molecule has 0 saturated heterocycles. The van der Waals surface area contributed by atoms with Crippen LogP contribution in [0.2, 0.25) is 0 Å². The molecule has 3 N–H and O–H groups in total. The van der Waals surface area contributed by atoms with E-state index in [0.717, 1.165) is 29.8 Å². The summed E-state index contributed by atoms with van der Waals surface area (Å²) < 4.78 is 5.16. The largest absolute Gasteiger partial charge is 0.497 e. The van der Waals surface area contributed by atoms with Gasteiger partial charge in [0.1, 0.15) is 5.75 Å². The lowest BCUT2D eigenvalue weighted by atomic mass is 10.0. The number of hydrogen-bond donors (Lipinski definition) is 2. The van der Waals surface area contributed by atoms with Crippen molar-refractivity contribution in [2.75, 3.05) is 7.11 Å². The molecule has 0 amide bonds. The van der Waals surface area contributed by atoms with E-state index in [1.54, 1.807) is 13.3 Å². The number of hydrogen-bond acceptors (Lipinski definition) is 4. The van der Waals surface area contributed by atoms with Crippen LogP contribution in [0.3, 0.4) is 0 Å². The lowest BCUT2D eigenvalue weighted by Gasteiger charge is -2.17. The Morgan fingerprint density at radius 3 is 2.60 bits per heavy atom. The maximum atomic E-state index is 5.67. The summed E-state index contributed by atoms with van der Waals surface area (Å²) in [6, 6.07) is 12.2. The van der Waals surface area contributed by atoms with E-state index >= 15 is 0 Å². The zero-order chi connectivity index (χ0) is 14.4. The normalized spacial score (nSPS) is 12.2. The fourth-order valence-electron chi connectivity index (χ4n) is 2.26. The molecule has 0 aliphatic carbocycles. The molecule has 0 aliphatic heterocycles. The second-order valence-electron chi connectivity index (χ2n) is 4.81. The third kappa shape index (κ3) is 3.56. The minimum atomic E-state index is 0.0679. The SMILES string of the molecule is COc1ccc(CCC(NN)c2ncccc2C)cc1. The average molecular weight is 271 g/mol. The Balaban J connectivity index is 2.02. The van der Waals surface area contributed by atoms with Crippen molar-refractivity contribution >= 4 is 0 Å². The van der Waals surface area contributed by atoms with Gasteiger partial charge in [-0.3, -0.25) is 16.3 Å². The van der Waals surface area contributed by atoms with Gasteiger partial charge in [-0.25, -0.2) is 0 Å². The molecule has 1 aromatic carbocycles. The molecule has 2 rings (SSSR count). The highest BCUT2D eigenvalue weighted by molar-refractivity contribution is 5.27. The van der Waals surface area contributed by atoms with E-state index in [1.165, 1.54) is 5.56 Å². The highest BCUT2D eigenvalue weighted by Crippen LogP contribution is 2.20. The van der Waals surface area contributed by atoms with Crippen molar-refractivity contribution in [1.82, 2.24) is 10.4 Å². The minimum absolute atomic E-state index is 0.0679. The van der Waals surface area contributed by atoms with Gasteiger partial charge in [-0.15, -0.1) is 0 Å². The summed E-state index contributed by atoms with van der Waals surface area (Å²) in [7, 11) is 1.67. The lowest BCUT2D eigenvalue weighted by molar-refractivity contribution is 0.414. The van der Waals surface area contributed by atoms with Crippen LogP contribution in [0.5, 0.6) is 5.75 Å². The van der Waals surface area contributed by atoms with Crippen LogP contribution in [0.25, 0.3) is 0 Å². The van der Waals surface area contributed by atoms with Crippen molar-refractivity contribution in [3.8, 4) is 5.75 Å². The summed E-state index contributed by atoms with van der Waals surface area (Å²) in [5.41, 5.74) is 6.30. The first-order valence-electron chi connectivity index (χ1n) is 6.75. The molecule has 4 nitrogen and oxygen atoms in total. The van der Waals surface area contributed by atoms with Crippen LogP contribution in [-0.4, -0.2) is 12.1 Å². The number of benzene rings is 1. The number of ether oxygens (including phenoxy) is 1. The lowest BCUT2D eigenvalue weighted by Crippen LogP contribution is -2.29. The maximum Gasteiger partial charge on any atom is 0.118 e. The first kappa shape index (κ1) is 14.5. The molecule has 1 unspecified atom stereocenters. The zero-order valence-electron chi connectivity index (χ0n) is 12.0. The number of methoxy groups -OCH3 is 1. The number of hydrazine groups is 1. The zero-order valence-corrected chi connectivity index (χ0v) is 12.0. The molecule has 0 saturated carbocycles. The Hall–Kier alpha value is -1.91. The molecule has 1 heterocycles. The summed E-state index contributed by atoms with van der Waals surface area (Å²) in [5.74, 6) is 6.55. The summed E-state index contributed by atoms with van der Waals surface area (Å²) in [6.07, 6.45) is 3.65. The third-order valence-corrected chi connectivity index (χ3v) is 3.46. The smallest absolute Gasteiger partial charge is 0.118 e. The molecule has 0 radical (unpaired) electrons. The topological polar surface area (TPSA) is 60.2 Å². The molecule has 4 heteroatoms. The Labute approximate surface area is 120 Å². The molecule has 2 aromatic rings. The molecule has 20 heavy (non-hydrogen) atoms. The number of nitrogens with one attached hydrogen (secondary N) is 1. The van der Waals surface area contributed by atoms with Gasteiger partial charge in [0.15, 0.2) is 0 Å². The first-order chi connectivity index (χ1) is 9.74. The van der Waals surface area contributed by atoms with Crippen molar-refractivity contribution in [2.24, 2.45) is 5.84 Å². The number of nitrogens with two attached hydrogens (primary N) is 1. The molecule has 0 fully saturated rings. The van der Waals surface area contributed by atoms with Crippen LogP contribution < -0.4 is 16.0 Å². The number of aryl methyl sites for hydroxylation is 2. The molecule has 106 valence electrons. The number of nitrogens with zero attached hydrogens (tertiary/aromatic N) is 1. The van der Waals surface area contributed by atoms with Crippen LogP contribution >= 0.6 is 0 Å². The van der Waals surface area contributed by atoms with Crippen molar-refractivity contribution in [3.05, 3.63) is 59.4 Å². The van der Waals surface area contributed by atoms with E-state index < -0.39 is 0 Å². The van der Waals surface area contributed by atoms with Gasteiger partial charge < -0.3 is 4.74 Å². The predicted molar refractivity (Wildman–Crippen MR) is 80.4 cm³/mol. The Morgan fingerprint density at radius 2 is 2.00 bits per heavy atom. The van der Waals surface area contributed by atoms with E-state index in [2.05, 4.69) is 35.5 Å². The fourth-order valence-corrected chi connectivity index (χ4v) is 2.26. The summed E-state index contributed by atoms with van der Waals surface area (Å²) >= 11 is 0. The van der Waals surface area contributed by atoms with E-state index in [1.807, 2.05) is 18.2 Å². The van der Waals surface area contributed by atoms with Crippen LogP contribution in [0.15, 0.2) is 42.6 Å². The highest BCUT2D eigenvalue weighted by Gasteiger charge is 2.13. The van der Waals surface area contributed by atoms with Gasteiger partial charge in [0.25, 0.3) is 0 Å². The van der Waals surface area contributed by atoms with Gasteiger partial charge in [-0.1, -0.05) is 18.2 Å². The second kappa shape index (κ2) is 7.03. The Morgan fingerprint density at radius 1 is 1.25 bits per heavy atom. The molecule has 1 aromatic heterocycles. The van der Waals surface area contributed by atoms with E-state index in [9.17, 15) is 0 Å². The third-order valence-electron chi connectivity index (χ3n) is 3.46. The Kier molecular flexibility index (Phi) is 5.09. The summed E-state index contributed by atoms with van der Waals surface area (Å²) in [5, 5.41) is 0. The highest BCUT2D eigenvalue weighted by atomic mass is 16.5. The maximum absolute atomic E-state index is 5.67. The monoisotopic (exact) mass is 271 g/mol. The van der Waals surface area contributed by atoms with Crippen LogP contribution in [0.1, 0.15) is 29.3 Å². The minimum Gasteiger partial charge on any atom is -0.497 e. The molecule has 0 spiro atoms. The van der Waals surface area contributed by atoms with E-state index in [-0.39, 0.29) is 6.04 Å². The molecular weight excluding hydrogens is 250 g/mol. The fraction of sp³-hybridized carbons (Fsp3) is 0.312. The number of pyridine rings is 1. The van der Waals surface area contributed by atoms with Gasteiger partial charge in [0.2, 0.25) is 0 Å². The van der Waals surface area contributed by atoms with Crippen LogP contribution in [-0.2, 0) is 6.42 Å². The van der Waals surface area contributed by atoms with Crippen LogP contribution in [0, 0.1) is 6.92 Å². The van der Waals surface area contributed by atoms with Crippen LogP contribution in [0.4, 0.5) is 0 Å². The van der Waals surface area contributed by atoms with Gasteiger partial charge in [-0.05, 0) is 49.1 Å². The van der Waals surface area contributed by atoms with Crippen molar-refractivity contribution in [2.45, 2.75) is 25.8 Å². The number of aromatic nitrogens is 1. The summed E-state index contributed by atoms with van der Waals surface area (Å²) in [6.45, 7) is 2.06. The molecular formula is C16H21N3O. The Bertz CT molecular complexity index is 540. The van der Waals surface area contributed by atoms with Crippen molar-refractivity contribution < 1.29 is 4.74 Å². The molecule has 0 aliphatic rings. The van der Waals surface area contributed by atoms with Crippen molar-refractivity contribution in [3.63, 3.8) is 0 Å². The first-order valence-corrected chi connectivity index (χ1v) is 6.75. The molecule has 0 bridgehead atoms. The quantitative estimate of drug-likeness (QED) is 0.626. The standard InChI is InChI=1S/C16H21N3O/c1-12-4-3-11-18-16(12)15(19-17)10-7-13-5-8-14(20-2)9-6-13/h3-6,8-9,11,15,19H,7,10,17H2,1-2H3. The average Bonchev–Trinajstić information content (AvgIpc) is 2.50. The van der Waals surface area contributed by atoms with Gasteiger partial charge in [-0.2, -0.15) is 0 Å². The van der Waals surface area contributed by atoms with Gasteiger partial charge >= 0.3 is 0 Å². The second-order valence-corrected chi connectivity index (χ2v) is 4.81. The van der Waals surface area contributed by atoms with E-state index in [4.69, 9.17) is 10.6 Å². The molecule has 1 atom stereocenters. The summed E-state index contributed by atoms with van der Waals surface area (Å²) in [4.78, 5) is 4.43. The predicted octanol–water partition coefficient (Wildman–Crippen LogP) is 2.54.